The van der Waals surface area contributed by atoms with Crippen molar-refractivity contribution >= 4 is 27.0 Å². The number of hydrogen-bond acceptors (Lipinski definition) is 7. The maximum absolute atomic E-state index is 13.5. The van der Waals surface area contributed by atoms with Gasteiger partial charge in [0.25, 0.3) is 5.91 Å². The first kappa shape index (κ1) is 33.4. The first-order valence-corrected chi connectivity index (χ1v) is 19.5. The summed E-state index contributed by atoms with van der Waals surface area (Å²) in [6.45, 7) is 6.83. The summed E-state index contributed by atoms with van der Waals surface area (Å²) in [7, 11) is -0.453. The number of amides is 1. The maximum Gasteiger partial charge on any atom is 0.303 e. The molecular formula is C37H51N5O5S. The molecule has 4 aliphatic rings. The second-order valence-electron chi connectivity index (χ2n) is 14.4. The van der Waals surface area contributed by atoms with E-state index in [1.165, 1.54) is 49.0 Å². The van der Waals surface area contributed by atoms with E-state index in [2.05, 4.69) is 31.2 Å². The molecule has 1 saturated carbocycles. The van der Waals surface area contributed by atoms with Gasteiger partial charge in [-0.3, -0.25) is 9.69 Å². The van der Waals surface area contributed by atoms with Gasteiger partial charge in [0.2, 0.25) is 0 Å². The number of likely N-dealkylation sites (N-methyl/N-ethyl adjacent to an activating group) is 2. The van der Waals surface area contributed by atoms with Gasteiger partial charge in [0.1, 0.15) is 6.61 Å². The molecule has 1 unspecified atom stereocenters. The highest BCUT2D eigenvalue weighted by Crippen LogP contribution is 2.49. The van der Waals surface area contributed by atoms with Gasteiger partial charge in [0.15, 0.2) is 11.5 Å². The summed E-state index contributed by atoms with van der Waals surface area (Å²) < 4.78 is 45.6. The van der Waals surface area contributed by atoms with Crippen LogP contribution in [0.4, 0.5) is 0 Å². The Morgan fingerprint density at radius 3 is 2.54 bits per heavy atom. The molecular weight excluding hydrogens is 627 g/mol. The van der Waals surface area contributed by atoms with Crippen molar-refractivity contribution in [1.82, 2.24) is 23.4 Å². The number of likely N-dealkylation sites (tertiary alicyclic amines) is 1. The lowest BCUT2D eigenvalue weighted by Gasteiger charge is -2.29. The average molecular weight is 678 g/mol. The van der Waals surface area contributed by atoms with E-state index in [1.54, 1.807) is 6.07 Å². The Labute approximate surface area is 285 Å². The minimum atomic E-state index is -3.99. The van der Waals surface area contributed by atoms with E-state index in [-0.39, 0.29) is 5.92 Å². The van der Waals surface area contributed by atoms with Crippen LogP contribution in [0.1, 0.15) is 79.6 Å². The summed E-state index contributed by atoms with van der Waals surface area (Å²) in [5.74, 6) is 1.61. The van der Waals surface area contributed by atoms with Gasteiger partial charge in [-0.25, -0.2) is 4.72 Å². The molecule has 3 aliphatic heterocycles. The molecule has 4 heterocycles. The number of para-hydroxylation sites is 1. The molecule has 260 valence electrons. The maximum atomic E-state index is 13.5. The van der Waals surface area contributed by atoms with Gasteiger partial charge >= 0.3 is 10.2 Å². The van der Waals surface area contributed by atoms with Gasteiger partial charge in [-0.2, -0.15) is 12.7 Å². The van der Waals surface area contributed by atoms with Gasteiger partial charge < -0.3 is 18.9 Å². The number of aromatic nitrogens is 1. The van der Waals surface area contributed by atoms with Crippen LogP contribution in [0.3, 0.4) is 0 Å². The molecule has 0 radical (unpaired) electrons. The van der Waals surface area contributed by atoms with E-state index < -0.39 is 16.1 Å². The quantitative estimate of drug-likeness (QED) is 0.383. The summed E-state index contributed by atoms with van der Waals surface area (Å²) in [6, 6.07) is 12.0. The summed E-state index contributed by atoms with van der Waals surface area (Å²) in [4.78, 5) is 18.2. The highest BCUT2D eigenvalue weighted by atomic mass is 32.2. The van der Waals surface area contributed by atoms with Crippen molar-refractivity contribution in [3.63, 3.8) is 0 Å². The summed E-state index contributed by atoms with van der Waals surface area (Å²) >= 11 is 0. The van der Waals surface area contributed by atoms with Crippen LogP contribution in [0.2, 0.25) is 0 Å². The molecule has 4 bridgehead atoms. The zero-order valence-electron chi connectivity index (χ0n) is 28.6. The Balaban J connectivity index is 1.37. The van der Waals surface area contributed by atoms with Crippen LogP contribution in [-0.4, -0.2) is 99.6 Å². The molecule has 3 aromatic rings. The SMILES string of the molecule is CN1CCCC2COc3c(OCCN4CCCC4)cccc3-c3c(C4CCCCC4)c4ccc(cc4n3C2)C(=O)NS(=O)(=O)N(C)CC1. The zero-order valence-corrected chi connectivity index (χ0v) is 29.4. The van der Waals surface area contributed by atoms with Crippen molar-refractivity contribution in [3.05, 3.63) is 47.5 Å². The Morgan fingerprint density at radius 2 is 1.73 bits per heavy atom. The predicted octanol–water partition coefficient (Wildman–Crippen LogP) is 5.47. The van der Waals surface area contributed by atoms with Crippen LogP contribution < -0.4 is 14.2 Å². The lowest BCUT2D eigenvalue weighted by molar-refractivity contribution is 0.0979. The standard InChI is InChI=1S/C37H51N5O5S/c1-39-17-9-10-27-25-42-32-24-29(37(43)38-48(44,45)40(2)21-20-39)15-16-30(32)34(28-11-4-3-5-12-28)35(42)31-13-8-14-33(36(31)47-26-27)46-23-22-41-18-6-7-19-41/h8,13-16,24,27-28H,3-7,9-12,17-23,25-26H2,1-2H3,(H,38,43). The van der Waals surface area contributed by atoms with E-state index in [1.807, 2.05) is 25.2 Å². The topological polar surface area (TPSA) is 96.4 Å². The van der Waals surface area contributed by atoms with Crippen molar-refractivity contribution in [1.29, 1.82) is 0 Å². The molecule has 11 heteroatoms. The van der Waals surface area contributed by atoms with Gasteiger partial charge in [0.05, 0.1) is 12.3 Å². The van der Waals surface area contributed by atoms with Crippen molar-refractivity contribution < 1.29 is 22.7 Å². The molecule has 0 spiro atoms. The number of carbonyl (C=O) groups excluding carboxylic acids is 1. The Hall–Kier alpha value is -3.12. The molecule has 1 N–H and O–H groups in total. The molecule has 2 aromatic carbocycles. The van der Waals surface area contributed by atoms with Crippen molar-refractivity contribution in [2.75, 3.05) is 66.6 Å². The van der Waals surface area contributed by atoms with E-state index in [0.29, 0.717) is 37.8 Å². The normalized spacial score (nSPS) is 23.5. The van der Waals surface area contributed by atoms with Crippen LogP contribution in [0.5, 0.6) is 11.5 Å². The number of fused-ring (bicyclic) bond motifs is 4. The lowest BCUT2D eigenvalue weighted by Crippen LogP contribution is -2.44. The summed E-state index contributed by atoms with van der Waals surface area (Å²) in [6.07, 6.45) is 10.3. The van der Waals surface area contributed by atoms with Crippen LogP contribution >= 0.6 is 0 Å². The number of ether oxygens (including phenoxy) is 2. The fourth-order valence-corrected chi connectivity index (χ4v) is 9.02. The van der Waals surface area contributed by atoms with Crippen molar-refractivity contribution in [2.45, 2.75) is 70.3 Å². The van der Waals surface area contributed by atoms with Crippen molar-refractivity contribution in [2.24, 2.45) is 5.92 Å². The monoisotopic (exact) mass is 677 g/mol. The number of rotatable bonds is 5. The van der Waals surface area contributed by atoms with E-state index in [9.17, 15) is 13.2 Å². The van der Waals surface area contributed by atoms with Gasteiger partial charge in [-0.05, 0) is 101 Å². The van der Waals surface area contributed by atoms with Gasteiger partial charge in [0, 0.05) is 61.2 Å². The molecule has 1 saturated heterocycles. The van der Waals surface area contributed by atoms with Crippen LogP contribution in [-0.2, 0) is 16.8 Å². The highest BCUT2D eigenvalue weighted by molar-refractivity contribution is 7.87. The third-order valence-electron chi connectivity index (χ3n) is 11.0. The van der Waals surface area contributed by atoms with Gasteiger partial charge in [-0.15, -0.1) is 0 Å². The predicted molar refractivity (Wildman–Crippen MR) is 189 cm³/mol. The number of benzene rings is 2. The molecule has 2 fully saturated rings. The largest absolute Gasteiger partial charge is 0.489 e. The Kier molecular flexibility index (Phi) is 10.0. The van der Waals surface area contributed by atoms with E-state index >= 15 is 0 Å². The van der Waals surface area contributed by atoms with Crippen molar-refractivity contribution in [3.8, 4) is 22.8 Å². The van der Waals surface area contributed by atoms with Crippen LogP contribution in [0, 0.1) is 5.92 Å². The first-order valence-electron chi connectivity index (χ1n) is 18.0. The molecule has 48 heavy (non-hydrogen) atoms. The summed E-state index contributed by atoms with van der Waals surface area (Å²) in [5, 5.41) is 1.14. The number of nitrogens with zero attached hydrogens (tertiary/aromatic N) is 4. The Bertz CT molecular complexity index is 1730. The second kappa shape index (κ2) is 14.4. The molecule has 1 atom stereocenters. The molecule has 7 rings (SSSR count). The average Bonchev–Trinajstić information content (AvgIpc) is 3.70. The minimum absolute atomic E-state index is 0.242. The third kappa shape index (κ3) is 6.97. The first-order chi connectivity index (χ1) is 23.3. The molecule has 1 aliphatic carbocycles. The number of carbonyl (C=O) groups is 1. The highest BCUT2D eigenvalue weighted by Gasteiger charge is 2.32. The van der Waals surface area contributed by atoms with Gasteiger partial charge in [-0.1, -0.05) is 31.4 Å². The third-order valence-corrected chi connectivity index (χ3v) is 12.4. The molecule has 1 amide bonds. The van der Waals surface area contributed by atoms with E-state index in [4.69, 9.17) is 9.47 Å². The minimum Gasteiger partial charge on any atom is -0.489 e. The summed E-state index contributed by atoms with van der Waals surface area (Å²) in [5.41, 5.74) is 4.83. The fourth-order valence-electron chi connectivity index (χ4n) is 8.19. The second-order valence-corrected chi connectivity index (χ2v) is 16.1. The number of nitrogens with one attached hydrogen (secondary N) is 1. The molecule has 1 aromatic heterocycles. The lowest BCUT2D eigenvalue weighted by atomic mass is 9.81. The fraction of sp³-hybridized carbons (Fsp3) is 0.595. The van der Waals surface area contributed by atoms with E-state index in [0.717, 1.165) is 92.1 Å². The van der Waals surface area contributed by atoms with Crippen LogP contribution in [0.15, 0.2) is 36.4 Å². The zero-order chi connectivity index (χ0) is 33.3. The molecule has 10 nitrogen and oxygen atoms in total. The Morgan fingerprint density at radius 1 is 0.917 bits per heavy atom. The smallest absolute Gasteiger partial charge is 0.303 e. The number of hydrogen-bond donors (Lipinski definition) is 1. The van der Waals surface area contributed by atoms with Crippen LogP contribution in [0.25, 0.3) is 22.2 Å².